The van der Waals surface area contributed by atoms with Crippen molar-refractivity contribution in [1.82, 2.24) is 15.6 Å². The van der Waals surface area contributed by atoms with Crippen molar-refractivity contribution in [3.05, 3.63) is 15.6 Å². The average molecular weight is 283 g/mol. The van der Waals surface area contributed by atoms with Crippen LogP contribution in [0.4, 0.5) is 0 Å². The van der Waals surface area contributed by atoms with Gasteiger partial charge in [-0.3, -0.25) is 9.59 Å². The second-order valence-electron chi connectivity index (χ2n) is 4.20. The number of carbonyl (C=O) groups is 3. The summed E-state index contributed by atoms with van der Waals surface area (Å²) in [6, 6.07) is -0.493. The smallest absolute Gasteiger partial charge is 0.347 e. The number of carboxylic acids is 1. The summed E-state index contributed by atoms with van der Waals surface area (Å²) in [5.41, 5.74) is 0.441. The lowest BCUT2D eigenvalue weighted by Gasteiger charge is -2.09. The molecule has 2 amide bonds. The van der Waals surface area contributed by atoms with E-state index in [-0.39, 0.29) is 23.2 Å². The van der Waals surface area contributed by atoms with E-state index in [9.17, 15) is 14.4 Å². The quantitative estimate of drug-likeness (QED) is 0.723. The van der Waals surface area contributed by atoms with Crippen molar-refractivity contribution in [1.29, 1.82) is 0 Å². The van der Waals surface area contributed by atoms with E-state index in [4.69, 9.17) is 5.11 Å². The molecule has 0 aliphatic carbocycles. The number of nitrogens with one attached hydrogen (secondary N) is 2. The number of hydrogen-bond donors (Lipinski definition) is 3. The van der Waals surface area contributed by atoms with Crippen molar-refractivity contribution >= 4 is 29.1 Å². The van der Waals surface area contributed by atoms with E-state index in [2.05, 4.69) is 15.6 Å². The zero-order chi connectivity index (χ0) is 14.0. The topological polar surface area (TPSA) is 108 Å². The van der Waals surface area contributed by atoms with Gasteiger partial charge in [-0.1, -0.05) is 0 Å². The summed E-state index contributed by atoms with van der Waals surface area (Å²) in [6.07, 6.45) is 0.847. The molecule has 2 heterocycles. The van der Waals surface area contributed by atoms with Gasteiger partial charge in [-0.15, -0.1) is 11.3 Å². The highest BCUT2D eigenvalue weighted by Crippen LogP contribution is 2.17. The van der Waals surface area contributed by atoms with Crippen LogP contribution in [0, 0.1) is 6.92 Å². The highest BCUT2D eigenvalue weighted by atomic mass is 32.1. The predicted octanol–water partition coefficient (Wildman–Crippen LogP) is 0.0445. The molecule has 1 aliphatic heterocycles. The van der Waals surface area contributed by atoms with Gasteiger partial charge < -0.3 is 15.7 Å². The molecule has 0 aromatic carbocycles. The van der Waals surface area contributed by atoms with E-state index in [1.807, 2.05) is 0 Å². The van der Waals surface area contributed by atoms with E-state index < -0.39 is 12.0 Å². The lowest BCUT2D eigenvalue weighted by molar-refractivity contribution is -0.125. The summed E-state index contributed by atoms with van der Waals surface area (Å²) in [4.78, 5) is 37.8. The van der Waals surface area contributed by atoms with Gasteiger partial charge in [0.15, 0.2) is 0 Å². The first kappa shape index (κ1) is 13.5. The molecule has 2 rings (SSSR count). The van der Waals surface area contributed by atoms with Crippen molar-refractivity contribution in [2.24, 2.45) is 0 Å². The normalized spacial score (nSPS) is 18.2. The van der Waals surface area contributed by atoms with Crippen LogP contribution >= 0.6 is 11.3 Å². The fraction of sp³-hybridized carbons (Fsp3) is 0.455. The summed E-state index contributed by atoms with van der Waals surface area (Å²) in [5, 5.41) is 14.6. The van der Waals surface area contributed by atoms with E-state index in [0.29, 0.717) is 23.5 Å². The van der Waals surface area contributed by atoms with Crippen LogP contribution < -0.4 is 10.6 Å². The summed E-state index contributed by atoms with van der Waals surface area (Å²) >= 11 is 1.04. The van der Waals surface area contributed by atoms with Gasteiger partial charge in [0.05, 0.1) is 12.2 Å². The number of nitrogens with zero attached hydrogens (tertiary/aromatic N) is 1. The Bertz CT molecular complexity index is 540. The van der Waals surface area contributed by atoms with Crippen LogP contribution in [0.3, 0.4) is 0 Å². The molecule has 1 atom stereocenters. The molecule has 3 N–H and O–H groups in total. The van der Waals surface area contributed by atoms with Gasteiger partial charge in [-0.25, -0.2) is 9.78 Å². The maximum atomic E-state index is 11.7. The number of amides is 2. The summed E-state index contributed by atoms with van der Waals surface area (Å²) in [6.45, 7) is 1.78. The SMILES string of the molecule is Cc1nc(CNC(=O)C2CCC(=O)N2)sc1C(=O)O. The van der Waals surface area contributed by atoms with Crippen molar-refractivity contribution in [2.75, 3.05) is 0 Å². The minimum absolute atomic E-state index is 0.126. The molecule has 0 radical (unpaired) electrons. The molecule has 1 unspecified atom stereocenters. The molecule has 19 heavy (non-hydrogen) atoms. The van der Waals surface area contributed by atoms with Gasteiger partial charge in [0.2, 0.25) is 11.8 Å². The maximum Gasteiger partial charge on any atom is 0.347 e. The first-order chi connectivity index (χ1) is 8.97. The molecule has 0 spiro atoms. The van der Waals surface area contributed by atoms with Gasteiger partial charge in [0, 0.05) is 6.42 Å². The number of carboxylic acid groups (broad SMARTS) is 1. The van der Waals surface area contributed by atoms with Crippen LogP contribution in [0.5, 0.6) is 0 Å². The third kappa shape index (κ3) is 3.08. The number of hydrogen-bond acceptors (Lipinski definition) is 5. The number of aromatic nitrogens is 1. The molecule has 102 valence electrons. The Balaban J connectivity index is 1.92. The molecule has 0 bridgehead atoms. The molecule has 1 fully saturated rings. The molecule has 1 aliphatic rings. The summed E-state index contributed by atoms with van der Waals surface area (Å²) < 4.78 is 0. The third-order valence-electron chi connectivity index (χ3n) is 2.76. The summed E-state index contributed by atoms with van der Waals surface area (Å²) in [7, 11) is 0. The molecule has 8 heteroatoms. The van der Waals surface area contributed by atoms with Crippen LogP contribution in [0.1, 0.15) is 33.2 Å². The Labute approximate surface area is 113 Å². The van der Waals surface area contributed by atoms with Crippen LogP contribution in [-0.4, -0.2) is 33.9 Å². The summed E-state index contributed by atoms with van der Waals surface area (Å²) in [5.74, 6) is -1.41. The lowest BCUT2D eigenvalue weighted by atomic mass is 10.2. The molecular formula is C11H13N3O4S. The van der Waals surface area contributed by atoms with E-state index in [0.717, 1.165) is 11.3 Å². The Morgan fingerprint density at radius 3 is 2.84 bits per heavy atom. The number of aromatic carboxylic acids is 1. The zero-order valence-corrected chi connectivity index (χ0v) is 11.0. The van der Waals surface area contributed by atoms with E-state index >= 15 is 0 Å². The van der Waals surface area contributed by atoms with Gasteiger partial charge in [0.25, 0.3) is 0 Å². The van der Waals surface area contributed by atoms with Crippen molar-refractivity contribution in [3.63, 3.8) is 0 Å². The Kier molecular flexibility index (Phi) is 3.79. The molecule has 1 saturated heterocycles. The number of carbonyl (C=O) groups excluding carboxylic acids is 2. The lowest BCUT2D eigenvalue weighted by Crippen LogP contribution is -2.41. The molecule has 7 nitrogen and oxygen atoms in total. The Morgan fingerprint density at radius 1 is 1.58 bits per heavy atom. The predicted molar refractivity (Wildman–Crippen MR) is 66.8 cm³/mol. The maximum absolute atomic E-state index is 11.7. The highest BCUT2D eigenvalue weighted by Gasteiger charge is 2.27. The molecule has 1 aromatic rings. The first-order valence-corrected chi connectivity index (χ1v) is 6.55. The van der Waals surface area contributed by atoms with Crippen LogP contribution in [0.25, 0.3) is 0 Å². The molecule has 1 aromatic heterocycles. The van der Waals surface area contributed by atoms with Crippen LogP contribution in [0.2, 0.25) is 0 Å². The fourth-order valence-corrected chi connectivity index (χ4v) is 2.67. The standard InChI is InChI=1S/C11H13N3O4S/c1-5-9(11(17)18)19-8(13-5)4-12-10(16)6-2-3-7(15)14-6/h6H,2-4H2,1H3,(H,12,16)(H,14,15)(H,17,18). The number of aryl methyl sites for hydroxylation is 1. The van der Waals surface area contributed by atoms with Crippen LogP contribution in [-0.2, 0) is 16.1 Å². The van der Waals surface area contributed by atoms with Crippen molar-refractivity contribution < 1.29 is 19.5 Å². The van der Waals surface area contributed by atoms with Gasteiger partial charge >= 0.3 is 5.97 Å². The second-order valence-corrected chi connectivity index (χ2v) is 5.29. The fourth-order valence-electron chi connectivity index (χ4n) is 1.82. The minimum atomic E-state index is -1.02. The van der Waals surface area contributed by atoms with Gasteiger partial charge in [0.1, 0.15) is 15.9 Å². The molecular weight excluding hydrogens is 270 g/mol. The van der Waals surface area contributed by atoms with E-state index in [1.165, 1.54) is 0 Å². The van der Waals surface area contributed by atoms with E-state index in [1.54, 1.807) is 6.92 Å². The number of thiazole rings is 1. The Hall–Kier alpha value is -1.96. The van der Waals surface area contributed by atoms with Crippen molar-refractivity contribution in [3.8, 4) is 0 Å². The van der Waals surface area contributed by atoms with Crippen molar-refractivity contribution in [2.45, 2.75) is 32.4 Å². The highest BCUT2D eigenvalue weighted by molar-refractivity contribution is 7.13. The zero-order valence-electron chi connectivity index (χ0n) is 10.2. The van der Waals surface area contributed by atoms with Crippen LogP contribution in [0.15, 0.2) is 0 Å². The van der Waals surface area contributed by atoms with Gasteiger partial charge in [-0.2, -0.15) is 0 Å². The largest absolute Gasteiger partial charge is 0.477 e. The monoisotopic (exact) mass is 283 g/mol. The molecule has 0 saturated carbocycles. The Morgan fingerprint density at radius 2 is 2.32 bits per heavy atom. The number of rotatable bonds is 4. The average Bonchev–Trinajstić information content (AvgIpc) is 2.92. The first-order valence-electron chi connectivity index (χ1n) is 5.74. The second kappa shape index (κ2) is 5.35. The third-order valence-corrected chi connectivity index (χ3v) is 3.91. The minimum Gasteiger partial charge on any atom is -0.477 e. The van der Waals surface area contributed by atoms with Gasteiger partial charge in [-0.05, 0) is 13.3 Å².